The monoisotopic (exact) mass is 253 g/mol. The number of rotatable bonds is 1. The van der Waals surface area contributed by atoms with E-state index in [-0.39, 0.29) is 11.9 Å². The third kappa shape index (κ3) is 2.01. The lowest BCUT2D eigenvalue weighted by Crippen LogP contribution is -2.12. The Morgan fingerprint density at radius 3 is 3.00 bits per heavy atom. The molecule has 1 aliphatic rings. The number of carbonyl (C=O) groups excluding carboxylic acids is 1. The molecule has 0 radical (unpaired) electrons. The summed E-state index contributed by atoms with van der Waals surface area (Å²) in [5, 5.41) is 0. The van der Waals surface area contributed by atoms with Gasteiger partial charge in [-0.05, 0) is 28.1 Å². The van der Waals surface area contributed by atoms with E-state index in [2.05, 4.69) is 20.9 Å². The van der Waals surface area contributed by atoms with Gasteiger partial charge in [0.2, 0.25) is 0 Å². The quantitative estimate of drug-likeness (QED) is 0.772. The minimum atomic E-state index is -0.236. The number of nitrogens with zero attached hydrogens (tertiary/aromatic N) is 1. The van der Waals surface area contributed by atoms with Crippen LogP contribution in [0.25, 0.3) is 0 Å². The van der Waals surface area contributed by atoms with E-state index < -0.39 is 0 Å². The van der Waals surface area contributed by atoms with Crippen molar-refractivity contribution in [3.8, 4) is 0 Å². The molecule has 72 valence electrons. The van der Waals surface area contributed by atoms with Gasteiger partial charge in [-0.15, -0.1) is 0 Å². The van der Waals surface area contributed by atoms with Crippen molar-refractivity contribution in [1.29, 1.82) is 0 Å². The summed E-state index contributed by atoms with van der Waals surface area (Å²) >= 11 is 3.30. The lowest BCUT2D eigenvalue weighted by atomic mass is 10.1. The molecule has 0 bridgehead atoms. The molecule has 4 heteroatoms. The van der Waals surface area contributed by atoms with Gasteiger partial charge in [0.05, 0.1) is 18.4 Å². The minimum Gasteiger partial charge on any atom is -0.491 e. The Morgan fingerprint density at radius 1 is 1.50 bits per heavy atom. The molecule has 0 aromatic carbocycles. The summed E-state index contributed by atoms with van der Waals surface area (Å²) in [6.07, 6.45) is 4.70. The van der Waals surface area contributed by atoms with Crippen LogP contribution in [-0.2, 0) is 9.53 Å². The Labute approximate surface area is 89.9 Å². The molecule has 1 aliphatic heterocycles. The molecular weight excluding hydrogens is 246 g/mol. The van der Waals surface area contributed by atoms with Crippen LogP contribution >= 0.6 is 15.9 Å². The standard InChI is InChI=1S/C10H8BrNO2/c11-7-1-2-9(12-6-7)10-5-8(13)3-4-14-10/h1-4,6,10H,5H2. The van der Waals surface area contributed by atoms with E-state index in [1.807, 2.05) is 12.1 Å². The first-order chi connectivity index (χ1) is 6.75. The fraction of sp³-hybridized carbons (Fsp3) is 0.200. The maximum Gasteiger partial charge on any atom is 0.162 e. The third-order valence-corrected chi connectivity index (χ3v) is 2.43. The first-order valence-corrected chi connectivity index (χ1v) is 5.01. The number of hydrogen-bond acceptors (Lipinski definition) is 3. The molecule has 1 aromatic rings. The van der Waals surface area contributed by atoms with E-state index in [9.17, 15) is 4.79 Å². The van der Waals surface area contributed by atoms with E-state index in [4.69, 9.17) is 4.74 Å². The summed E-state index contributed by atoms with van der Waals surface area (Å²) in [5.74, 6) is 0.0750. The van der Waals surface area contributed by atoms with Crippen LogP contribution in [-0.4, -0.2) is 10.8 Å². The Morgan fingerprint density at radius 2 is 2.36 bits per heavy atom. The molecule has 0 saturated heterocycles. The number of ketones is 1. The van der Waals surface area contributed by atoms with Crippen molar-refractivity contribution < 1.29 is 9.53 Å². The second-order valence-electron chi connectivity index (χ2n) is 3.00. The fourth-order valence-corrected chi connectivity index (χ4v) is 1.50. The van der Waals surface area contributed by atoms with E-state index in [0.717, 1.165) is 10.2 Å². The number of ether oxygens (including phenoxy) is 1. The van der Waals surface area contributed by atoms with Gasteiger partial charge < -0.3 is 4.74 Å². The first-order valence-electron chi connectivity index (χ1n) is 4.22. The molecular formula is C10H8BrNO2. The Balaban J connectivity index is 2.19. The Bertz CT molecular complexity index is 372. The molecule has 0 aliphatic carbocycles. The highest BCUT2D eigenvalue weighted by Crippen LogP contribution is 2.24. The smallest absolute Gasteiger partial charge is 0.162 e. The number of hydrogen-bond donors (Lipinski definition) is 0. The number of pyridine rings is 1. The van der Waals surface area contributed by atoms with Gasteiger partial charge in [-0.25, -0.2) is 0 Å². The van der Waals surface area contributed by atoms with Crippen LogP contribution in [0.2, 0.25) is 0 Å². The van der Waals surface area contributed by atoms with Crippen LogP contribution in [0.3, 0.4) is 0 Å². The molecule has 0 amide bonds. The van der Waals surface area contributed by atoms with E-state index in [1.54, 1.807) is 6.20 Å². The molecule has 1 atom stereocenters. The van der Waals surface area contributed by atoms with Crippen molar-refractivity contribution in [2.75, 3.05) is 0 Å². The number of aromatic nitrogens is 1. The van der Waals surface area contributed by atoms with Crippen LogP contribution in [0.4, 0.5) is 0 Å². The molecule has 0 saturated carbocycles. The zero-order chi connectivity index (χ0) is 9.97. The Kier molecular flexibility index (Phi) is 2.63. The maximum atomic E-state index is 11.1. The maximum absolute atomic E-state index is 11.1. The van der Waals surface area contributed by atoms with Crippen molar-refractivity contribution in [3.63, 3.8) is 0 Å². The summed E-state index contributed by atoms with van der Waals surface area (Å²) in [5.41, 5.74) is 0.783. The van der Waals surface area contributed by atoms with Gasteiger partial charge in [-0.3, -0.25) is 9.78 Å². The highest BCUT2D eigenvalue weighted by Gasteiger charge is 2.19. The Hall–Kier alpha value is -1.16. The molecule has 1 unspecified atom stereocenters. The zero-order valence-electron chi connectivity index (χ0n) is 7.31. The summed E-state index contributed by atoms with van der Waals surface area (Å²) in [6, 6.07) is 3.73. The van der Waals surface area contributed by atoms with Gasteiger partial charge in [0, 0.05) is 16.7 Å². The molecule has 3 nitrogen and oxygen atoms in total. The van der Waals surface area contributed by atoms with Gasteiger partial charge in [-0.2, -0.15) is 0 Å². The largest absolute Gasteiger partial charge is 0.491 e. The lowest BCUT2D eigenvalue weighted by Gasteiger charge is -2.17. The average Bonchev–Trinajstić information content (AvgIpc) is 2.19. The summed E-state index contributed by atoms with van der Waals surface area (Å²) in [4.78, 5) is 15.3. The first kappa shape index (κ1) is 9.40. The second-order valence-corrected chi connectivity index (χ2v) is 3.91. The van der Waals surface area contributed by atoms with Crippen molar-refractivity contribution in [2.24, 2.45) is 0 Å². The molecule has 2 heterocycles. The molecule has 0 fully saturated rings. The van der Waals surface area contributed by atoms with Gasteiger partial charge in [0.1, 0.15) is 6.10 Å². The van der Waals surface area contributed by atoms with Crippen molar-refractivity contribution in [3.05, 3.63) is 40.8 Å². The van der Waals surface area contributed by atoms with Crippen LogP contribution in [0.5, 0.6) is 0 Å². The van der Waals surface area contributed by atoms with Crippen molar-refractivity contribution >= 4 is 21.7 Å². The van der Waals surface area contributed by atoms with Crippen LogP contribution in [0.15, 0.2) is 35.1 Å². The highest BCUT2D eigenvalue weighted by molar-refractivity contribution is 9.10. The zero-order valence-corrected chi connectivity index (χ0v) is 8.90. The normalized spacial score (nSPS) is 20.6. The number of allylic oxidation sites excluding steroid dienone is 1. The SMILES string of the molecule is O=C1C=COC(c2ccc(Br)cn2)C1. The van der Waals surface area contributed by atoms with E-state index in [0.29, 0.717) is 6.42 Å². The van der Waals surface area contributed by atoms with Gasteiger partial charge in [-0.1, -0.05) is 0 Å². The lowest BCUT2D eigenvalue weighted by molar-refractivity contribution is -0.118. The number of carbonyl (C=O) groups is 1. The van der Waals surface area contributed by atoms with E-state index >= 15 is 0 Å². The second kappa shape index (κ2) is 3.92. The fourth-order valence-electron chi connectivity index (χ4n) is 1.26. The minimum absolute atomic E-state index is 0.0750. The summed E-state index contributed by atoms with van der Waals surface area (Å²) in [6.45, 7) is 0. The van der Waals surface area contributed by atoms with Crippen LogP contribution < -0.4 is 0 Å². The summed E-state index contributed by atoms with van der Waals surface area (Å²) < 4.78 is 6.21. The van der Waals surface area contributed by atoms with E-state index in [1.165, 1.54) is 12.3 Å². The third-order valence-electron chi connectivity index (χ3n) is 1.96. The van der Waals surface area contributed by atoms with Crippen LogP contribution in [0.1, 0.15) is 18.2 Å². The topological polar surface area (TPSA) is 39.2 Å². The molecule has 0 N–H and O–H groups in total. The molecule has 0 spiro atoms. The number of halogens is 1. The van der Waals surface area contributed by atoms with Gasteiger partial charge in [0.25, 0.3) is 0 Å². The van der Waals surface area contributed by atoms with Gasteiger partial charge in [0.15, 0.2) is 5.78 Å². The van der Waals surface area contributed by atoms with Crippen molar-refractivity contribution in [2.45, 2.75) is 12.5 Å². The highest BCUT2D eigenvalue weighted by atomic mass is 79.9. The predicted octanol–water partition coefficient (Wildman–Crippen LogP) is 2.39. The van der Waals surface area contributed by atoms with Crippen molar-refractivity contribution in [1.82, 2.24) is 4.98 Å². The average molecular weight is 254 g/mol. The summed E-state index contributed by atoms with van der Waals surface area (Å²) in [7, 11) is 0. The van der Waals surface area contributed by atoms with Gasteiger partial charge >= 0.3 is 0 Å². The molecule has 14 heavy (non-hydrogen) atoms. The molecule has 1 aromatic heterocycles. The molecule has 2 rings (SSSR count). The van der Waals surface area contributed by atoms with Crippen LogP contribution in [0, 0.1) is 0 Å². The predicted molar refractivity (Wildman–Crippen MR) is 54.5 cm³/mol.